The number of halogens is 3. The molecular weight excluding hydrogens is 489 g/mol. The molecule has 1 aromatic heterocycles. The number of rotatable bonds is 7. The van der Waals surface area contributed by atoms with Gasteiger partial charge in [-0.3, -0.25) is 0 Å². The average Bonchev–Trinajstić information content (AvgIpc) is 2.88. The summed E-state index contributed by atoms with van der Waals surface area (Å²) in [6.45, 7) is 0.323. The zero-order valence-corrected chi connectivity index (χ0v) is 16.6. The Bertz CT molecular complexity index is 887. The Balaban J connectivity index is 2.50. The molecular formula is C14H13F2IN2O4S2. The number of sulfonamides is 1. The van der Waals surface area contributed by atoms with Crippen molar-refractivity contribution in [1.82, 2.24) is 4.98 Å². The molecule has 0 aliphatic heterocycles. The summed E-state index contributed by atoms with van der Waals surface area (Å²) in [7, 11) is -4.26. The smallest absolute Gasteiger partial charge is 0.349 e. The molecule has 11 heteroatoms. The highest BCUT2D eigenvalue weighted by molar-refractivity contribution is 14.1. The second kappa shape index (κ2) is 7.91. The fourth-order valence-corrected chi connectivity index (χ4v) is 5.26. The number of carbonyl (C=O) groups is 1. The third-order valence-corrected chi connectivity index (χ3v) is 6.75. The zero-order chi connectivity index (χ0) is 18.8. The minimum absolute atomic E-state index is 0.274. The van der Waals surface area contributed by atoms with Crippen molar-refractivity contribution in [2.75, 3.05) is 10.8 Å². The summed E-state index contributed by atoms with van der Waals surface area (Å²) in [6, 6.07) is 6.63. The number of aromatic nitrogens is 1. The molecule has 0 amide bonds. The van der Waals surface area contributed by atoms with Crippen LogP contribution >= 0.6 is 33.9 Å². The Hall–Kier alpha value is -1.34. The molecule has 0 saturated carbocycles. The molecule has 0 aliphatic rings. The standard InChI is InChI=1S/C14H13F2IN2O4S2/c1-8-18-13(12(24-8)14(20)21)19(6-11(15)16)25(22,23)7-9-4-2-3-5-10(9)17/h2-5,11H,6-7H2,1H3,(H,20,21). The number of aromatic carboxylic acids is 1. The minimum atomic E-state index is -4.26. The fourth-order valence-electron chi connectivity index (χ4n) is 2.07. The van der Waals surface area contributed by atoms with Gasteiger partial charge in [0.25, 0.3) is 6.43 Å². The van der Waals surface area contributed by atoms with Crippen LogP contribution in [0.15, 0.2) is 24.3 Å². The van der Waals surface area contributed by atoms with Gasteiger partial charge in [0.2, 0.25) is 10.0 Å². The molecule has 1 N–H and O–H groups in total. The lowest BCUT2D eigenvalue weighted by atomic mass is 10.2. The largest absolute Gasteiger partial charge is 0.477 e. The van der Waals surface area contributed by atoms with Gasteiger partial charge < -0.3 is 5.11 Å². The number of hydrogen-bond donors (Lipinski definition) is 1. The van der Waals surface area contributed by atoms with Crippen LogP contribution in [0.1, 0.15) is 20.2 Å². The van der Waals surface area contributed by atoms with Gasteiger partial charge in [-0.1, -0.05) is 18.2 Å². The number of alkyl halides is 2. The maximum absolute atomic E-state index is 13.0. The summed E-state index contributed by atoms with van der Waals surface area (Å²) in [4.78, 5) is 14.8. The molecule has 1 aromatic carbocycles. The second-order valence-electron chi connectivity index (χ2n) is 4.96. The van der Waals surface area contributed by atoms with Crippen LogP contribution in [-0.4, -0.2) is 37.4 Å². The summed E-state index contributed by atoms with van der Waals surface area (Å²) in [5.74, 6) is -2.42. The van der Waals surface area contributed by atoms with Gasteiger partial charge in [-0.25, -0.2) is 31.3 Å². The molecule has 0 bridgehead atoms. The van der Waals surface area contributed by atoms with Crippen LogP contribution in [0, 0.1) is 10.5 Å². The first-order valence-electron chi connectivity index (χ1n) is 6.84. The maximum atomic E-state index is 13.0. The molecule has 0 atom stereocenters. The van der Waals surface area contributed by atoms with Crippen molar-refractivity contribution in [3.8, 4) is 0 Å². The van der Waals surface area contributed by atoms with E-state index in [4.69, 9.17) is 0 Å². The first kappa shape index (κ1) is 20.0. The van der Waals surface area contributed by atoms with Crippen molar-refractivity contribution < 1.29 is 27.1 Å². The van der Waals surface area contributed by atoms with Crippen molar-refractivity contribution >= 4 is 55.7 Å². The summed E-state index contributed by atoms with van der Waals surface area (Å²) in [6.07, 6.45) is -2.98. The molecule has 0 spiro atoms. The van der Waals surface area contributed by atoms with E-state index in [9.17, 15) is 27.1 Å². The summed E-state index contributed by atoms with van der Waals surface area (Å²) in [5.41, 5.74) is 0.436. The highest BCUT2D eigenvalue weighted by Crippen LogP contribution is 2.30. The van der Waals surface area contributed by atoms with Gasteiger partial charge in [0.15, 0.2) is 10.7 Å². The normalized spacial score (nSPS) is 11.7. The molecule has 0 unspecified atom stereocenters. The van der Waals surface area contributed by atoms with Gasteiger partial charge >= 0.3 is 5.97 Å². The Labute approximate surface area is 160 Å². The molecule has 0 radical (unpaired) electrons. The van der Waals surface area contributed by atoms with Crippen LogP contribution in [0.2, 0.25) is 0 Å². The average molecular weight is 502 g/mol. The predicted molar refractivity (Wildman–Crippen MR) is 98.9 cm³/mol. The van der Waals surface area contributed by atoms with E-state index in [1.165, 1.54) is 6.92 Å². The first-order chi connectivity index (χ1) is 11.6. The van der Waals surface area contributed by atoms with Crippen LogP contribution in [0.3, 0.4) is 0 Å². The Morgan fingerprint density at radius 1 is 1.40 bits per heavy atom. The number of carboxylic acids is 1. The molecule has 136 valence electrons. The summed E-state index contributed by atoms with van der Waals surface area (Å²) >= 11 is 2.69. The molecule has 1 heterocycles. The van der Waals surface area contributed by atoms with Gasteiger partial charge in [-0.2, -0.15) is 0 Å². The van der Waals surface area contributed by atoms with Gasteiger partial charge in [-0.15, -0.1) is 11.3 Å². The molecule has 2 rings (SSSR count). The van der Waals surface area contributed by atoms with Crippen molar-refractivity contribution in [3.63, 3.8) is 0 Å². The number of thiazole rings is 1. The minimum Gasteiger partial charge on any atom is -0.477 e. The molecule has 6 nitrogen and oxygen atoms in total. The maximum Gasteiger partial charge on any atom is 0.349 e. The highest BCUT2D eigenvalue weighted by atomic mass is 127. The fraction of sp³-hybridized carbons (Fsp3) is 0.286. The second-order valence-corrected chi connectivity index (χ2v) is 9.22. The van der Waals surface area contributed by atoms with Crippen LogP contribution in [-0.2, 0) is 15.8 Å². The molecule has 25 heavy (non-hydrogen) atoms. The lowest BCUT2D eigenvalue weighted by Crippen LogP contribution is -2.37. The number of carboxylic acid groups (broad SMARTS) is 1. The van der Waals surface area contributed by atoms with Crippen LogP contribution in [0.25, 0.3) is 0 Å². The third-order valence-electron chi connectivity index (χ3n) is 3.08. The summed E-state index contributed by atoms with van der Waals surface area (Å²) in [5, 5.41) is 9.50. The topological polar surface area (TPSA) is 87.6 Å². The zero-order valence-electron chi connectivity index (χ0n) is 12.8. The summed E-state index contributed by atoms with van der Waals surface area (Å²) < 4.78 is 52.5. The van der Waals surface area contributed by atoms with Crippen LogP contribution in [0.4, 0.5) is 14.6 Å². The number of nitrogens with zero attached hydrogens (tertiary/aromatic N) is 2. The van der Waals surface area contributed by atoms with E-state index in [0.717, 1.165) is 11.3 Å². The third kappa shape index (κ3) is 4.85. The number of hydrogen-bond acceptors (Lipinski definition) is 5. The van der Waals surface area contributed by atoms with Gasteiger partial charge in [-0.05, 0) is 41.1 Å². The quantitative estimate of drug-likeness (QED) is 0.587. The van der Waals surface area contributed by atoms with Crippen LogP contribution in [0.5, 0.6) is 0 Å². The molecule has 0 fully saturated rings. The lowest BCUT2D eigenvalue weighted by molar-refractivity contribution is 0.0702. The number of aryl methyl sites for hydroxylation is 1. The van der Waals surface area contributed by atoms with Crippen molar-refractivity contribution in [3.05, 3.63) is 43.3 Å². The Kier molecular flexibility index (Phi) is 6.32. The molecule has 2 aromatic rings. The molecule has 0 saturated heterocycles. The number of benzene rings is 1. The van der Waals surface area contributed by atoms with Crippen molar-refractivity contribution in [2.45, 2.75) is 19.1 Å². The van der Waals surface area contributed by atoms with Crippen molar-refractivity contribution in [2.24, 2.45) is 0 Å². The van der Waals surface area contributed by atoms with E-state index in [1.807, 2.05) is 22.6 Å². The van der Waals surface area contributed by atoms with Crippen LogP contribution < -0.4 is 4.31 Å². The SMILES string of the molecule is Cc1nc(N(CC(F)F)S(=O)(=O)Cc2ccccc2I)c(C(=O)O)s1. The Morgan fingerprint density at radius 2 is 2.04 bits per heavy atom. The van der Waals surface area contributed by atoms with Gasteiger partial charge in [0, 0.05) is 3.57 Å². The van der Waals surface area contributed by atoms with E-state index in [2.05, 4.69) is 4.98 Å². The lowest BCUT2D eigenvalue weighted by Gasteiger charge is -2.23. The van der Waals surface area contributed by atoms with E-state index < -0.39 is 40.5 Å². The van der Waals surface area contributed by atoms with E-state index in [0.29, 0.717) is 13.4 Å². The van der Waals surface area contributed by atoms with E-state index in [-0.39, 0.29) is 9.88 Å². The Morgan fingerprint density at radius 3 is 2.60 bits per heavy atom. The monoisotopic (exact) mass is 502 g/mol. The predicted octanol–water partition coefficient (Wildman–Crippen LogP) is 3.36. The molecule has 0 aliphatic carbocycles. The van der Waals surface area contributed by atoms with Gasteiger partial charge in [0.1, 0.15) is 0 Å². The highest BCUT2D eigenvalue weighted by Gasteiger charge is 2.32. The van der Waals surface area contributed by atoms with E-state index in [1.54, 1.807) is 24.3 Å². The van der Waals surface area contributed by atoms with Gasteiger partial charge in [0.05, 0.1) is 17.3 Å². The first-order valence-corrected chi connectivity index (χ1v) is 10.3. The van der Waals surface area contributed by atoms with E-state index >= 15 is 0 Å². The number of anilines is 1. The van der Waals surface area contributed by atoms with Crippen molar-refractivity contribution in [1.29, 1.82) is 0 Å².